The van der Waals surface area contributed by atoms with Crippen LogP contribution in [0.2, 0.25) is 0 Å². The molecule has 7 heteroatoms. The number of carbonyl (C=O) groups excluding carboxylic acids is 1. The smallest absolute Gasteiger partial charge is 0.338 e. The van der Waals surface area contributed by atoms with Crippen molar-refractivity contribution in [3.8, 4) is 6.07 Å². The van der Waals surface area contributed by atoms with Gasteiger partial charge in [-0.25, -0.2) is 4.79 Å². The maximum absolute atomic E-state index is 12.6. The van der Waals surface area contributed by atoms with Crippen LogP contribution in [0, 0.1) is 11.3 Å². The van der Waals surface area contributed by atoms with E-state index in [1.165, 1.54) is 0 Å². The second-order valence-corrected chi connectivity index (χ2v) is 7.00. The number of rotatable bonds is 4. The number of benzene rings is 1. The minimum absolute atomic E-state index is 0.0306. The van der Waals surface area contributed by atoms with E-state index in [2.05, 4.69) is 22.9 Å². The van der Waals surface area contributed by atoms with Crippen molar-refractivity contribution in [1.82, 2.24) is 4.90 Å². The number of nitrogens with two attached hydrogens (primary N) is 1. The van der Waals surface area contributed by atoms with Gasteiger partial charge in [0, 0.05) is 31.9 Å². The average molecular weight is 382 g/mol. The first kappa shape index (κ1) is 19.8. The number of esters is 1. The predicted molar refractivity (Wildman–Crippen MR) is 106 cm³/mol. The van der Waals surface area contributed by atoms with Gasteiger partial charge in [0.15, 0.2) is 0 Å². The Morgan fingerprint density at radius 1 is 1.36 bits per heavy atom. The predicted octanol–water partition coefficient (Wildman–Crippen LogP) is 2.08. The number of nitriles is 1. The molecule has 1 aromatic rings. The molecule has 2 aliphatic rings. The molecule has 1 aromatic carbocycles. The summed E-state index contributed by atoms with van der Waals surface area (Å²) in [5, 5.41) is 9.70. The molecule has 0 bridgehead atoms. The van der Waals surface area contributed by atoms with Crippen LogP contribution in [0.3, 0.4) is 0 Å². The highest BCUT2D eigenvalue weighted by atomic mass is 16.5. The Bertz CT molecular complexity index is 861. The fourth-order valence-corrected chi connectivity index (χ4v) is 3.65. The number of hydrogen-bond donors (Lipinski definition) is 1. The molecular formula is C21H26N4O3. The molecule has 148 valence electrons. The van der Waals surface area contributed by atoms with Crippen LogP contribution in [-0.2, 0) is 14.3 Å². The van der Waals surface area contributed by atoms with E-state index in [1.54, 1.807) is 13.8 Å². The quantitative estimate of drug-likeness (QED) is 0.797. The maximum Gasteiger partial charge on any atom is 0.338 e. The number of carbonyl (C=O) groups is 1. The van der Waals surface area contributed by atoms with Crippen LogP contribution in [0.1, 0.15) is 25.3 Å². The summed E-state index contributed by atoms with van der Waals surface area (Å²) in [7, 11) is 2.11. The summed E-state index contributed by atoms with van der Waals surface area (Å²) in [4.78, 5) is 17.2. The van der Waals surface area contributed by atoms with Crippen molar-refractivity contribution in [1.29, 1.82) is 5.26 Å². The van der Waals surface area contributed by atoms with Crippen LogP contribution in [0.15, 0.2) is 47.1 Å². The van der Waals surface area contributed by atoms with Crippen LogP contribution in [-0.4, -0.2) is 50.7 Å². The van der Waals surface area contributed by atoms with Gasteiger partial charge in [-0.05, 0) is 38.6 Å². The van der Waals surface area contributed by atoms with Crippen LogP contribution in [0.5, 0.6) is 0 Å². The second kappa shape index (κ2) is 8.36. The summed E-state index contributed by atoms with van der Waals surface area (Å²) in [5.41, 5.74) is 8.41. The third-order valence-electron chi connectivity index (χ3n) is 5.17. The molecule has 1 unspecified atom stereocenters. The summed E-state index contributed by atoms with van der Waals surface area (Å²) in [6, 6.07) is 10.1. The van der Waals surface area contributed by atoms with Crippen LogP contribution >= 0.6 is 0 Å². The number of hydrogen-bond acceptors (Lipinski definition) is 7. The Hall–Kier alpha value is -2.98. The van der Waals surface area contributed by atoms with E-state index in [0.717, 1.165) is 37.4 Å². The molecule has 28 heavy (non-hydrogen) atoms. The first-order valence-corrected chi connectivity index (χ1v) is 9.45. The molecule has 0 spiro atoms. The second-order valence-electron chi connectivity index (χ2n) is 7.00. The van der Waals surface area contributed by atoms with Gasteiger partial charge in [-0.3, -0.25) is 0 Å². The van der Waals surface area contributed by atoms with E-state index in [4.69, 9.17) is 15.2 Å². The number of ether oxygens (including phenoxy) is 2. The van der Waals surface area contributed by atoms with Gasteiger partial charge >= 0.3 is 5.97 Å². The van der Waals surface area contributed by atoms with Crippen molar-refractivity contribution in [2.45, 2.75) is 19.8 Å². The molecule has 1 saturated heterocycles. The Kier molecular flexibility index (Phi) is 5.90. The standard InChI is InChI=1S/C21H26N4O3/c1-4-27-21(26)18-14(2)28-20(23)17(13-22)19(18)15-6-5-7-16(12-15)25-10-8-24(3)9-11-25/h5-7,12,19H,4,8-11,23H2,1-3H3. The van der Waals surface area contributed by atoms with Crippen molar-refractivity contribution >= 4 is 11.7 Å². The number of piperazine rings is 1. The van der Waals surface area contributed by atoms with Crippen molar-refractivity contribution in [3.05, 3.63) is 52.6 Å². The SMILES string of the molecule is CCOC(=O)C1=C(C)OC(N)=C(C#N)C1c1cccc(N2CCN(C)CC2)c1. The van der Waals surface area contributed by atoms with Gasteiger partial charge < -0.3 is 25.0 Å². The Morgan fingerprint density at radius 3 is 2.71 bits per heavy atom. The molecular weight excluding hydrogens is 356 g/mol. The van der Waals surface area contributed by atoms with Crippen molar-refractivity contribution < 1.29 is 14.3 Å². The molecule has 0 saturated carbocycles. The highest BCUT2D eigenvalue weighted by molar-refractivity contribution is 5.92. The van der Waals surface area contributed by atoms with Gasteiger partial charge in [0.1, 0.15) is 17.4 Å². The highest BCUT2D eigenvalue weighted by Crippen LogP contribution is 2.40. The molecule has 0 amide bonds. The minimum Gasteiger partial charge on any atom is -0.463 e. The van der Waals surface area contributed by atoms with Crippen molar-refractivity contribution in [2.24, 2.45) is 5.73 Å². The first-order valence-electron chi connectivity index (χ1n) is 9.45. The number of likely N-dealkylation sites (N-methyl/N-ethyl adjacent to an activating group) is 1. The normalized spacial score (nSPS) is 20.6. The molecule has 2 aliphatic heterocycles. The molecule has 0 aliphatic carbocycles. The van der Waals surface area contributed by atoms with E-state index < -0.39 is 11.9 Å². The summed E-state index contributed by atoms with van der Waals surface area (Å²) in [5.74, 6) is -0.700. The van der Waals surface area contributed by atoms with Crippen molar-refractivity contribution in [3.63, 3.8) is 0 Å². The van der Waals surface area contributed by atoms with E-state index in [9.17, 15) is 10.1 Å². The van der Waals surface area contributed by atoms with E-state index in [1.807, 2.05) is 24.3 Å². The fraction of sp³-hybridized carbons (Fsp3) is 0.429. The third kappa shape index (κ3) is 3.82. The van der Waals surface area contributed by atoms with Crippen LogP contribution in [0.4, 0.5) is 5.69 Å². The van der Waals surface area contributed by atoms with Gasteiger partial charge in [-0.1, -0.05) is 12.1 Å². The van der Waals surface area contributed by atoms with Gasteiger partial charge in [-0.2, -0.15) is 5.26 Å². The largest absolute Gasteiger partial charge is 0.463 e. The summed E-state index contributed by atoms with van der Waals surface area (Å²) >= 11 is 0. The molecule has 3 rings (SSSR count). The number of nitrogens with zero attached hydrogens (tertiary/aromatic N) is 3. The van der Waals surface area contributed by atoms with E-state index in [0.29, 0.717) is 11.3 Å². The molecule has 0 radical (unpaired) electrons. The van der Waals surface area contributed by atoms with Gasteiger partial charge in [0.05, 0.1) is 18.1 Å². The maximum atomic E-state index is 12.6. The number of allylic oxidation sites excluding steroid dienone is 2. The van der Waals surface area contributed by atoms with Gasteiger partial charge in [-0.15, -0.1) is 0 Å². The van der Waals surface area contributed by atoms with E-state index in [-0.39, 0.29) is 18.1 Å². The topological polar surface area (TPSA) is 91.8 Å². The monoisotopic (exact) mass is 382 g/mol. The Morgan fingerprint density at radius 2 is 2.07 bits per heavy atom. The van der Waals surface area contributed by atoms with Crippen molar-refractivity contribution in [2.75, 3.05) is 44.7 Å². The molecule has 1 atom stereocenters. The zero-order valence-electron chi connectivity index (χ0n) is 16.6. The molecule has 2 N–H and O–H groups in total. The average Bonchev–Trinajstić information content (AvgIpc) is 2.68. The minimum atomic E-state index is -0.606. The zero-order valence-corrected chi connectivity index (χ0v) is 16.6. The summed E-state index contributed by atoms with van der Waals surface area (Å²) in [6.07, 6.45) is 0. The molecule has 1 fully saturated rings. The molecule has 0 aromatic heterocycles. The summed E-state index contributed by atoms with van der Waals surface area (Å²) in [6.45, 7) is 7.49. The lowest BCUT2D eigenvalue weighted by molar-refractivity contribution is -0.139. The lowest BCUT2D eigenvalue weighted by Crippen LogP contribution is -2.44. The first-order chi connectivity index (χ1) is 13.5. The lowest BCUT2D eigenvalue weighted by atomic mass is 9.83. The van der Waals surface area contributed by atoms with Crippen LogP contribution in [0.25, 0.3) is 0 Å². The fourth-order valence-electron chi connectivity index (χ4n) is 3.65. The number of anilines is 1. The van der Waals surface area contributed by atoms with Gasteiger partial charge in [0.25, 0.3) is 0 Å². The van der Waals surface area contributed by atoms with Gasteiger partial charge in [0.2, 0.25) is 5.88 Å². The Balaban J connectivity index is 2.02. The molecule has 2 heterocycles. The third-order valence-corrected chi connectivity index (χ3v) is 5.17. The molecule has 7 nitrogen and oxygen atoms in total. The highest BCUT2D eigenvalue weighted by Gasteiger charge is 2.36. The lowest BCUT2D eigenvalue weighted by Gasteiger charge is -2.34. The van der Waals surface area contributed by atoms with E-state index >= 15 is 0 Å². The van der Waals surface area contributed by atoms with Crippen LogP contribution < -0.4 is 10.6 Å². The Labute approximate surface area is 165 Å². The summed E-state index contributed by atoms with van der Waals surface area (Å²) < 4.78 is 10.7. The zero-order chi connectivity index (χ0) is 20.3.